The molecule has 0 spiro atoms. The maximum Gasteiger partial charge on any atom is 0.323 e. The fourth-order valence-corrected chi connectivity index (χ4v) is 1.39. The Balaban J connectivity index is 2.72. The van der Waals surface area contributed by atoms with Gasteiger partial charge in [0.2, 0.25) is 0 Å². The zero-order chi connectivity index (χ0) is 11.5. The van der Waals surface area contributed by atoms with Gasteiger partial charge in [0.15, 0.2) is 0 Å². The van der Waals surface area contributed by atoms with E-state index >= 15 is 0 Å². The first-order valence-electron chi connectivity index (χ1n) is 5.00. The summed E-state index contributed by atoms with van der Waals surface area (Å²) in [5.74, 6) is -1.05. The van der Waals surface area contributed by atoms with E-state index in [1.165, 1.54) is 0 Å². The lowest BCUT2D eigenvalue weighted by molar-refractivity contribution is -0.144. The first kappa shape index (κ1) is 11.7. The summed E-state index contributed by atoms with van der Waals surface area (Å²) in [4.78, 5) is 10.9. The first-order valence-corrected chi connectivity index (χ1v) is 5.00. The largest absolute Gasteiger partial charge is 0.480 e. The second kappa shape index (κ2) is 4.45. The number of hydrogen-bond donors (Lipinski definition) is 2. The number of benzene rings is 1. The normalized spacial score (nSPS) is 16.7. The molecule has 0 aliphatic rings. The van der Waals surface area contributed by atoms with Gasteiger partial charge in [-0.3, -0.25) is 4.79 Å². The van der Waals surface area contributed by atoms with E-state index < -0.39 is 11.5 Å². The van der Waals surface area contributed by atoms with Crippen molar-refractivity contribution in [3.63, 3.8) is 0 Å². The molecule has 0 aliphatic carbocycles. The Morgan fingerprint density at radius 1 is 1.47 bits per heavy atom. The molecule has 1 rings (SSSR count). The molecule has 0 radical (unpaired) electrons. The molecule has 0 aliphatic heterocycles. The molecule has 15 heavy (non-hydrogen) atoms. The van der Waals surface area contributed by atoms with Crippen LogP contribution in [-0.2, 0) is 11.2 Å². The van der Waals surface area contributed by atoms with Crippen LogP contribution in [0.5, 0.6) is 0 Å². The molecule has 1 aromatic rings. The van der Waals surface area contributed by atoms with Crippen molar-refractivity contribution in [2.24, 2.45) is 11.7 Å². The van der Waals surface area contributed by atoms with E-state index in [1.54, 1.807) is 6.92 Å². The third-order valence-electron chi connectivity index (χ3n) is 2.87. The predicted molar refractivity (Wildman–Crippen MR) is 59.5 cm³/mol. The van der Waals surface area contributed by atoms with Gasteiger partial charge in [0.05, 0.1) is 0 Å². The molecule has 3 N–H and O–H groups in total. The lowest BCUT2D eigenvalue weighted by Gasteiger charge is -2.27. The van der Waals surface area contributed by atoms with Crippen LogP contribution >= 0.6 is 0 Å². The Morgan fingerprint density at radius 2 is 2.00 bits per heavy atom. The van der Waals surface area contributed by atoms with Crippen LogP contribution in [0.25, 0.3) is 0 Å². The average Bonchev–Trinajstić information content (AvgIpc) is 2.18. The SMILES string of the molecule is CC(Cc1ccccc1)C(C)(N)C(=O)O. The van der Waals surface area contributed by atoms with Crippen molar-refractivity contribution in [2.45, 2.75) is 25.8 Å². The number of carboxylic acid groups (broad SMARTS) is 1. The summed E-state index contributed by atoms with van der Waals surface area (Å²) in [5, 5.41) is 8.96. The summed E-state index contributed by atoms with van der Waals surface area (Å²) in [6.45, 7) is 3.42. The highest BCUT2D eigenvalue weighted by atomic mass is 16.4. The monoisotopic (exact) mass is 207 g/mol. The molecule has 3 nitrogen and oxygen atoms in total. The topological polar surface area (TPSA) is 63.3 Å². The van der Waals surface area contributed by atoms with Crippen LogP contribution < -0.4 is 5.73 Å². The maximum absolute atomic E-state index is 10.9. The number of carboxylic acids is 1. The lowest BCUT2D eigenvalue weighted by Crippen LogP contribution is -2.51. The minimum Gasteiger partial charge on any atom is -0.480 e. The number of aliphatic carboxylic acids is 1. The van der Waals surface area contributed by atoms with E-state index in [1.807, 2.05) is 37.3 Å². The highest BCUT2D eigenvalue weighted by Gasteiger charge is 2.34. The zero-order valence-electron chi connectivity index (χ0n) is 9.10. The van der Waals surface area contributed by atoms with Crippen LogP contribution in [0, 0.1) is 5.92 Å². The van der Waals surface area contributed by atoms with Gasteiger partial charge in [-0.05, 0) is 24.8 Å². The molecule has 82 valence electrons. The van der Waals surface area contributed by atoms with E-state index in [-0.39, 0.29) is 5.92 Å². The van der Waals surface area contributed by atoms with Gasteiger partial charge in [0, 0.05) is 0 Å². The van der Waals surface area contributed by atoms with Crippen LogP contribution in [0.15, 0.2) is 30.3 Å². The van der Waals surface area contributed by atoms with E-state index in [4.69, 9.17) is 10.8 Å². The molecular weight excluding hydrogens is 190 g/mol. The van der Waals surface area contributed by atoms with Gasteiger partial charge in [-0.15, -0.1) is 0 Å². The predicted octanol–water partition coefficient (Wildman–Crippen LogP) is 1.67. The van der Waals surface area contributed by atoms with Crippen molar-refractivity contribution < 1.29 is 9.90 Å². The molecule has 2 atom stereocenters. The molecule has 1 aromatic carbocycles. The van der Waals surface area contributed by atoms with Gasteiger partial charge in [-0.25, -0.2) is 0 Å². The molecule has 0 amide bonds. The highest BCUT2D eigenvalue weighted by Crippen LogP contribution is 2.19. The van der Waals surface area contributed by atoms with Crippen LogP contribution in [0.2, 0.25) is 0 Å². The van der Waals surface area contributed by atoms with Gasteiger partial charge in [0.1, 0.15) is 5.54 Å². The van der Waals surface area contributed by atoms with Crippen LogP contribution in [0.1, 0.15) is 19.4 Å². The second-order valence-electron chi connectivity index (χ2n) is 4.18. The Kier molecular flexibility index (Phi) is 3.48. The summed E-state index contributed by atoms with van der Waals surface area (Å²) in [6, 6.07) is 9.78. The van der Waals surface area contributed by atoms with E-state index in [0.717, 1.165) is 5.56 Å². The van der Waals surface area contributed by atoms with Crippen LogP contribution in [-0.4, -0.2) is 16.6 Å². The number of hydrogen-bond acceptors (Lipinski definition) is 2. The van der Waals surface area contributed by atoms with E-state index in [2.05, 4.69) is 0 Å². The molecule has 0 heterocycles. The smallest absolute Gasteiger partial charge is 0.323 e. The van der Waals surface area contributed by atoms with Crippen molar-refractivity contribution in [3.05, 3.63) is 35.9 Å². The molecule has 0 bridgehead atoms. The Labute approximate surface area is 89.9 Å². The summed E-state index contributed by atoms with van der Waals surface area (Å²) >= 11 is 0. The van der Waals surface area contributed by atoms with Crippen molar-refractivity contribution >= 4 is 5.97 Å². The number of carbonyl (C=O) groups is 1. The first-order chi connectivity index (χ1) is 6.94. The molecule has 0 aromatic heterocycles. The number of nitrogens with two attached hydrogens (primary N) is 1. The van der Waals surface area contributed by atoms with Gasteiger partial charge in [-0.2, -0.15) is 0 Å². The quantitative estimate of drug-likeness (QED) is 0.789. The molecule has 3 heteroatoms. The van der Waals surface area contributed by atoms with Gasteiger partial charge < -0.3 is 10.8 Å². The molecule has 2 unspecified atom stereocenters. The minimum absolute atomic E-state index is 0.0996. The van der Waals surface area contributed by atoms with Crippen LogP contribution in [0.4, 0.5) is 0 Å². The standard InChI is InChI=1S/C12H17NO2/c1-9(12(2,13)11(14)15)8-10-6-4-3-5-7-10/h3-7,9H,8,13H2,1-2H3,(H,14,15). The second-order valence-corrected chi connectivity index (χ2v) is 4.18. The Morgan fingerprint density at radius 3 is 2.47 bits per heavy atom. The molecule has 0 fully saturated rings. The van der Waals surface area contributed by atoms with Crippen molar-refractivity contribution in [2.75, 3.05) is 0 Å². The van der Waals surface area contributed by atoms with E-state index in [9.17, 15) is 4.79 Å². The zero-order valence-corrected chi connectivity index (χ0v) is 9.10. The van der Waals surface area contributed by atoms with Crippen LogP contribution in [0.3, 0.4) is 0 Å². The van der Waals surface area contributed by atoms with Crippen molar-refractivity contribution in [1.29, 1.82) is 0 Å². The van der Waals surface area contributed by atoms with Crippen molar-refractivity contribution in [3.8, 4) is 0 Å². The Hall–Kier alpha value is -1.35. The van der Waals surface area contributed by atoms with Gasteiger partial charge >= 0.3 is 5.97 Å². The molecule has 0 saturated heterocycles. The van der Waals surface area contributed by atoms with E-state index in [0.29, 0.717) is 6.42 Å². The summed E-state index contributed by atoms with van der Waals surface area (Å²) in [6.07, 6.45) is 0.681. The Bertz CT molecular complexity index is 333. The van der Waals surface area contributed by atoms with Crippen molar-refractivity contribution in [1.82, 2.24) is 0 Å². The third-order valence-corrected chi connectivity index (χ3v) is 2.87. The summed E-state index contributed by atoms with van der Waals surface area (Å²) < 4.78 is 0. The molecule has 0 saturated carbocycles. The maximum atomic E-state index is 10.9. The third kappa shape index (κ3) is 2.80. The highest BCUT2D eigenvalue weighted by molar-refractivity contribution is 5.78. The molecular formula is C12H17NO2. The summed E-state index contributed by atoms with van der Waals surface area (Å²) in [7, 11) is 0. The fourth-order valence-electron chi connectivity index (χ4n) is 1.39. The minimum atomic E-state index is -1.17. The van der Waals surface area contributed by atoms with Gasteiger partial charge in [0.25, 0.3) is 0 Å². The fraction of sp³-hybridized carbons (Fsp3) is 0.417. The summed E-state index contributed by atoms with van der Waals surface area (Å²) in [5.41, 5.74) is 5.69. The van der Waals surface area contributed by atoms with Gasteiger partial charge in [-0.1, -0.05) is 37.3 Å². The lowest BCUT2D eigenvalue weighted by atomic mass is 9.83. The number of rotatable bonds is 4. The average molecular weight is 207 g/mol.